The SMILES string of the molecule is CC(C)(S)C(NC(=O)/C(=C\c1cccc(Oc2ccccc2)c1)NC(=O)c1ccc(-c2ccccc2)cc1)C(=O)O. The van der Waals surface area contributed by atoms with Crippen molar-refractivity contribution in [3.63, 3.8) is 0 Å². The molecule has 208 valence electrons. The first kappa shape index (κ1) is 29.2. The minimum atomic E-state index is -1.32. The van der Waals surface area contributed by atoms with Gasteiger partial charge in [-0.15, -0.1) is 0 Å². The van der Waals surface area contributed by atoms with Gasteiger partial charge in [0.05, 0.1) is 0 Å². The van der Waals surface area contributed by atoms with Crippen LogP contribution >= 0.6 is 12.6 Å². The van der Waals surface area contributed by atoms with Crippen LogP contribution in [0, 0.1) is 0 Å². The third kappa shape index (κ3) is 8.09. The molecule has 8 heteroatoms. The molecule has 0 spiro atoms. The van der Waals surface area contributed by atoms with Gasteiger partial charge in [0.1, 0.15) is 23.2 Å². The standard InChI is InChI=1S/C33H30N2O5S/c1-33(2,41)29(32(38)39)35-31(37)28(21-22-10-9-15-27(20-22)40-26-13-7-4-8-14-26)34-30(36)25-18-16-24(17-19-25)23-11-5-3-6-12-23/h3-21,29,41H,1-2H3,(H,34,36)(H,35,37)(H,38,39)/b28-21+. The molecule has 1 atom stereocenters. The Morgan fingerprint density at radius 2 is 1.39 bits per heavy atom. The van der Waals surface area contributed by atoms with Crippen molar-refractivity contribution in [3.05, 3.63) is 126 Å². The second kappa shape index (κ2) is 13.0. The number of para-hydroxylation sites is 1. The van der Waals surface area contributed by atoms with Gasteiger partial charge in [-0.1, -0.05) is 72.8 Å². The highest BCUT2D eigenvalue weighted by Crippen LogP contribution is 2.24. The van der Waals surface area contributed by atoms with Gasteiger partial charge in [0.2, 0.25) is 0 Å². The Kier molecular flexibility index (Phi) is 9.26. The number of carbonyl (C=O) groups is 3. The van der Waals surface area contributed by atoms with Gasteiger partial charge in [0.15, 0.2) is 0 Å². The van der Waals surface area contributed by atoms with E-state index in [1.54, 1.807) is 50.2 Å². The third-order valence-corrected chi connectivity index (χ3v) is 6.38. The van der Waals surface area contributed by atoms with E-state index in [1.807, 2.05) is 72.8 Å². The highest BCUT2D eigenvalue weighted by atomic mass is 32.1. The zero-order valence-corrected chi connectivity index (χ0v) is 23.5. The fourth-order valence-electron chi connectivity index (χ4n) is 4.01. The van der Waals surface area contributed by atoms with Gasteiger partial charge in [-0.25, -0.2) is 4.79 Å². The Bertz CT molecular complexity index is 1550. The van der Waals surface area contributed by atoms with Crippen LogP contribution < -0.4 is 15.4 Å². The molecule has 0 saturated heterocycles. The number of hydrogen-bond donors (Lipinski definition) is 4. The Labute approximate surface area is 244 Å². The second-order valence-corrected chi connectivity index (χ2v) is 11.0. The summed E-state index contributed by atoms with van der Waals surface area (Å²) in [5.74, 6) is -1.40. The predicted octanol–water partition coefficient (Wildman–Crippen LogP) is 6.19. The first-order valence-electron chi connectivity index (χ1n) is 12.9. The van der Waals surface area contributed by atoms with Crippen LogP contribution in [0.5, 0.6) is 11.5 Å². The summed E-state index contributed by atoms with van der Waals surface area (Å²) >= 11 is 4.34. The second-order valence-electron chi connectivity index (χ2n) is 9.84. The fraction of sp³-hybridized carbons (Fsp3) is 0.121. The summed E-state index contributed by atoms with van der Waals surface area (Å²) in [5.41, 5.74) is 2.69. The molecule has 0 bridgehead atoms. The number of carbonyl (C=O) groups excluding carboxylic acids is 2. The third-order valence-electron chi connectivity index (χ3n) is 6.12. The first-order chi connectivity index (χ1) is 19.6. The molecule has 0 aliphatic carbocycles. The summed E-state index contributed by atoms with van der Waals surface area (Å²) in [4.78, 5) is 38.5. The minimum Gasteiger partial charge on any atom is -0.480 e. The van der Waals surface area contributed by atoms with Crippen LogP contribution in [0.25, 0.3) is 17.2 Å². The van der Waals surface area contributed by atoms with E-state index >= 15 is 0 Å². The van der Waals surface area contributed by atoms with Crippen molar-refractivity contribution in [2.45, 2.75) is 24.6 Å². The van der Waals surface area contributed by atoms with Crippen molar-refractivity contribution in [2.24, 2.45) is 0 Å². The normalized spacial score (nSPS) is 12.2. The van der Waals surface area contributed by atoms with Crippen molar-refractivity contribution in [2.75, 3.05) is 0 Å². The predicted molar refractivity (Wildman–Crippen MR) is 163 cm³/mol. The lowest BCUT2D eigenvalue weighted by molar-refractivity contribution is -0.142. The summed E-state index contributed by atoms with van der Waals surface area (Å²) < 4.78 is 4.82. The zero-order valence-electron chi connectivity index (χ0n) is 22.6. The van der Waals surface area contributed by atoms with Crippen LogP contribution in [-0.2, 0) is 9.59 Å². The number of rotatable bonds is 10. The smallest absolute Gasteiger partial charge is 0.327 e. The van der Waals surface area contributed by atoms with Gasteiger partial charge in [-0.05, 0) is 73.0 Å². The summed E-state index contributed by atoms with van der Waals surface area (Å²) in [6, 6.07) is 31.6. The molecule has 0 saturated carbocycles. The first-order valence-corrected chi connectivity index (χ1v) is 13.3. The monoisotopic (exact) mass is 566 g/mol. The van der Waals surface area contributed by atoms with Gasteiger partial charge in [0, 0.05) is 10.3 Å². The molecule has 0 aliphatic rings. The molecule has 0 aliphatic heterocycles. The van der Waals surface area contributed by atoms with Gasteiger partial charge in [0.25, 0.3) is 11.8 Å². The van der Waals surface area contributed by atoms with Gasteiger partial charge >= 0.3 is 5.97 Å². The van der Waals surface area contributed by atoms with E-state index in [1.165, 1.54) is 6.08 Å². The van der Waals surface area contributed by atoms with Crippen LogP contribution in [0.15, 0.2) is 115 Å². The Morgan fingerprint density at radius 3 is 2.00 bits per heavy atom. The quantitative estimate of drug-likeness (QED) is 0.135. The van der Waals surface area contributed by atoms with Crippen molar-refractivity contribution < 1.29 is 24.2 Å². The lowest BCUT2D eigenvalue weighted by Crippen LogP contribution is -2.53. The zero-order chi connectivity index (χ0) is 29.4. The average molecular weight is 567 g/mol. The van der Waals surface area contributed by atoms with Crippen molar-refractivity contribution in [3.8, 4) is 22.6 Å². The van der Waals surface area contributed by atoms with Crippen LogP contribution in [0.1, 0.15) is 29.8 Å². The largest absolute Gasteiger partial charge is 0.480 e. The van der Waals surface area contributed by atoms with E-state index in [9.17, 15) is 19.5 Å². The lowest BCUT2D eigenvalue weighted by Gasteiger charge is -2.27. The average Bonchev–Trinajstić information content (AvgIpc) is 2.96. The molecular weight excluding hydrogens is 536 g/mol. The number of thiol groups is 1. The fourth-order valence-corrected chi connectivity index (χ4v) is 4.18. The van der Waals surface area contributed by atoms with E-state index in [4.69, 9.17) is 4.74 Å². The van der Waals surface area contributed by atoms with E-state index in [0.29, 0.717) is 22.6 Å². The number of benzene rings is 4. The van der Waals surface area contributed by atoms with Crippen LogP contribution in [-0.4, -0.2) is 33.7 Å². The molecular formula is C33H30N2O5S. The summed E-state index contributed by atoms with van der Waals surface area (Å²) in [5, 5.41) is 14.8. The molecule has 0 aromatic heterocycles. The molecule has 41 heavy (non-hydrogen) atoms. The van der Waals surface area contributed by atoms with Crippen LogP contribution in [0.4, 0.5) is 0 Å². The number of hydrogen-bond acceptors (Lipinski definition) is 5. The molecule has 7 nitrogen and oxygen atoms in total. The van der Waals surface area contributed by atoms with Gasteiger partial charge < -0.3 is 20.5 Å². The molecule has 0 radical (unpaired) electrons. The Hall–Kier alpha value is -4.82. The van der Waals surface area contributed by atoms with Crippen molar-refractivity contribution >= 4 is 36.5 Å². The maximum Gasteiger partial charge on any atom is 0.327 e. The number of carboxylic acid groups (broad SMARTS) is 1. The van der Waals surface area contributed by atoms with E-state index < -0.39 is 28.6 Å². The van der Waals surface area contributed by atoms with E-state index in [2.05, 4.69) is 23.3 Å². The number of aliphatic carboxylic acids is 1. The molecule has 0 fully saturated rings. The molecule has 4 aromatic rings. The molecule has 3 N–H and O–H groups in total. The lowest BCUT2D eigenvalue weighted by atomic mass is 10.0. The van der Waals surface area contributed by atoms with Crippen LogP contribution in [0.3, 0.4) is 0 Å². The van der Waals surface area contributed by atoms with Gasteiger partial charge in [-0.2, -0.15) is 12.6 Å². The highest BCUT2D eigenvalue weighted by molar-refractivity contribution is 7.81. The molecule has 1 unspecified atom stereocenters. The number of amides is 2. The number of carboxylic acids is 1. The summed E-state index contributed by atoms with van der Waals surface area (Å²) in [7, 11) is 0. The Morgan fingerprint density at radius 1 is 0.805 bits per heavy atom. The number of nitrogens with one attached hydrogen (secondary N) is 2. The maximum atomic E-state index is 13.4. The molecule has 4 rings (SSSR count). The van der Waals surface area contributed by atoms with Crippen molar-refractivity contribution in [1.82, 2.24) is 10.6 Å². The topological polar surface area (TPSA) is 105 Å². The minimum absolute atomic E-state index is 0.136. The van der Waals surface area contributed by atoms with Crippen molar-refractivity contribution in [1.29, 1.82) is 0 Å². The molecule has 4 aromatic carbocycles. The molecule has 0 heterocycles. The summed E-state index contributed by atoms with van der Waals surface area (Å²) in [6.07, 6.45) is 1.47. The number of ether oxygens (including phenoxy) is 1. The highest BCUT2D eigenvalue weighted by Gasteiger charge is 2.34. The Balaban J connectivity index is 1.62. The van der Waals surface area contributed by atoms with E-state index in [-0.39, 0.29) is 5.70 Å². The van der Waals surface area contributed by atoms with Crippen LogP contribution in [0.2, 0.25) is 0 Å². The van der Waals surface area contributed by atoms with E-state index in [0.717, 1.165) is 11.1 Å². The maximum absolute atomic E-state index is 13.4. The summed E-state index contributed by atoms with van der Waals surface area (Å²) in [6.45, 7) is 3.16. The van der Waals surface area contributed by atoms with Gasteiger partial charge in [-0.3, -0.25) is 9.59 Å². The molecule has 2 amide bonds.